The van der Waals surface area contributed by atoms with Crippen LogP contribution in [0.5, 0.6) is 0 Å². The van der Waals surface area contributed by atoms with Crippen LogP contribution in [0.2, 0.25) is 10.0 Å². The van der Waals surface area contributed by atoms with Gasteiger partial charge < -0.3 is 9.32 Å². The number of benzene rings is 2. The first-order valence-corrected chi connectivity index (χ1v) is 10.1. The van der Waals surface area contributed by atoms with Crippen molar-refractivity contribution in [2.45, 2.75) is 19.9 Å². The average molecular weight is 417 g/mol. The summed E-state index contributed by atoms with van der Waals surface area (Å²) in [6.07, 6.45) is 0. The Balaban J connectivity index is 1.43. The van der Waals surface area contributed by atoms with Gasteiger partial charge in [-0.3, -0.25) is 4.90 Å². The zero-order valence-corrected chi connectivity index (χ0v) is 17.4. The average Bonchev–Trinajstić information content (AvgIpc) is 3.20. The molecule has 1 aliphatic rings. The zero-order valence-electron chi connectivity index (χ0n) is 15.9. The van der Waals surface area contributed by atoms with Crippen LogP contribution in [0.15, 0.2) is 46.9 Å². The van der Waals surface area contributed by atoms with Gasteiger partial charge in [0.05, 0.1) is 6.04 Å². The van der Waals surface area contributed by atoms with Gasteiger partial charge in [-0.2, -0.15) is 0 Å². The summed E-state index contributed by atoms with van der Waals surface area (Å²) >= 11 is 12.2. The van der Waals surface area contributed by atoms with Gasteiger partial charge in [-0.05, 0) is 49.7 Å². The van der Waals surface area contributed by atoms with Crippen LogP contribution in [0.4, 0.5) is 5.69 Å². The monoisotopic (exact) mass is 416 g/mol. The van der Waals surface area contributed by atoms with Crippen molar-refractivity contribution in [1.29, 1.82) is 0 Å². The summed E-state index contributed by atoms with van der Waals surface area (Å²) in [6, 6.07) is 13.6. The molecule has 1 atom stereocenters. The second-order valence-electron chi connectivity index (χ2n) is 7.09. The lowest BCUT2D eigenvalue weighted by Gasteiger charge is -2.38. The molecule has 2 aromatic carbocycles. The van der Waals surface area contributed by atoms with Crippen molar-refractivity contribution in [3.8, 4) is 11.5 Å². The Morgan fingerprint density at radius 2 is 1.71 bits per heavy atom. The van der Waals surface area contributed by atoms with Crippen molar-refractivity contribution >= 4 is 28.9 Å². The van der Waals surface area contributed by atoms with E-state index in [-0.39, 0.29) is 6.04 Å². The maximum atomic E-state index is 6.18. The number of nitrogens with zero attached hydrogens (tertiary/aromatic N) is 4. The maximum absolute atomic E-state index is 6.18. The van der Waals surface area contributed by atoms with E-state index >= 15 is 0 Å². The van der Waals surface area contributed by atoms with E-state index in [1.54, 1.807) is 0 Å². The molecule has 0 bridgehead atoms. The maximum Gasteiger partial charge on any atom is 0.247 e. The molecule has 146 valence electrons. The fourth-order valence-electron chi connectivity index (χ4n) is 3.57. The Hall–Kier alpha value is -2.08. The van der Waals surface area contributed by atoms with Crippen molar-refractivity contribution in [3.05, 3.63) is 64.0 Å². The summed E-state index contributed by atoms with van der Waals surface area (Å²) < 4.78 is 5.93. The van der Waals surface area contributed by atoms with E-state index in [4.69, 9.17) is 27.6 Å². The summed E-state index contributed by atoms with van der Waals surface area (Å²) in [4.78, 5) is 4.75. The number of anilines is 1. The highest BCUT2D eigenvalue weighted by atomic mass is 35.5. The van der Waals surface area contributed by atoms with Crippen molar-refractivity contribution < 1.29 is 4.42 Å². The molecule has 0 N–H and O–H groups in total. The Labute approximate surface area is 174 Å². The smallest absolute Gasteiger partial charge is 0.247 e. The Bertz CT molecular complexity index is 967. The first-order valence-electron chi connectivity index (χ1n) is 9.36. The molecule has 1 aliphatic heterocycles. The third-order valence-electron chi connectivity index (χ3n) is 5.24. The SMILES string of the molecule is Cc1ccc(Cl)cc1N1CCN([C@H](C)c2nnc(-c3cccc(Cl)c3)o2)CC1. The molecule has 0 spiro atoms. The van der Waals surface area contributed by atoms with Crippen LogP contribution in [-0.2, 0) is 0 Å². The molecule has 0 aliphatic carbocycles. The minimum atomic E-state index is 0.0584. The van der Waals surface area contributed by atoms with E-state index < -0.39 is 0 Å². The second kappa shape index (κ2) is 8.11. The fraction of sp³-hybridized carbons (Fsp3) is 0.333. The predicted molar refractivity (Wildman–Crippen MR) is 113 cm³/mol. The number of rotatable bonds is 4. The summed E-state index contributed by atoms with van der Waals surface area (Å²) in [5.41, 5.74) is 3.29. The van der Waals surface area contributed by atoms with Gasteiger partial charge in [0.2, 0.25) is 11.8 Å². The molecular formula is C21H22Cl2N4O. The van der Waals surface area contributed by atoms with Gasteiger partial charge in [0.25, 0.3) is 0 Å². The third kappa shape index (κ3) is 4.02. The number of hydrogen-bond donors (Lipinski definition) is 0. The van der Waals surface area contributed by atoms with Crippen LogP contribution in [0, 0.1) is 6.92 Å². The number of aromatic nitrogens is 2. The van der Waals surface area contributed by atoms with Gasteiger partial charge in [-0.25, -0.2) is 0 Å². The van der Waals surface area contributed by atoms with Crippen molar-refractivity contribution in [1.82, 2.24) is 15.1 Å². The van der Waals surface area contributed by atoms with Crippen molar-refractivity contribution in [2.24, 2.45) is 0 Å². The fourth-order valence-corrected chi connectivity index (χ4v) is 3.93. The first-order chi connectivity index (χ1) is 13.5. The topological polar surface area (TPSA) is 45.4 Å². The van der Waals surface area contributed by atoms with Gasteiger partial charge >= 0.3 is 0 Å². The largest absolute Gasteiger partial charge is 0.419 e. The van der Waals surface area contributed by atoms with E-state index in [1.807, 2.05) is 36.4 Å². The number of piperazine rings is 1. The van der Waals surface area contributed by atoms with E-state index in [9.17, 15) is 0 Å². The quantitative estimate of drug-likeness (QED) is 0.581. The van der Waals surface area contributed by atoms with Crippen LogP contribution in [0.3, 0.4) is 0 Å². The first kappa shape index (κ1) is 19.2. The molecule has 3 aromatic rings. The van der Waals surface area contributed by atoms with E-state index in [2.05, 4.69) is 39.9 Å². The van der Waals surface area contributed by atoms with Crippen LogP contribution in [-0.4, -0.2) is 41.3 Å². The van der Waals surface area contributed by atoms with Crippen LogP contribution >= 0.6 is 23.2 Å². The molecule has 4 rings (SSSR count). The standard InChI is InChI=1S/C21H22Cl2N4O/c1-14-6-7-18(23)13-19(14)27-10-8-26(9-11-27)15(2)20-24-25-21(28-20)16-4-3-5-17(22)12-16/h3-7,12-13,15H,8-11H2,1-2H3/t15-/m1/s1. The van der Waals surface area contributed by atoms with Gasteiger partial charge in [-0.15, -0.1) is 10.2 Å². The van der Waals surface area contributed by atoms with Crippen molar-refractivity contribution in [2.75, 3.05) is 31.1 Å². The molecule has 1 fully saturated rings. The normalized spacial score (nSPS) is 16.4. The van der Waals surface area contributed by atoms with E-state index in [0.29, 0.717) is 16.8 Å². The Morgan fingerprint density at radius 3 is 2.46 bits per heavy atom. The lowest BCUT2D eigenvalue weighted by Crippen LogP contribution is -2.47. The summed E-state index contributed by atoms with van der Waals surface area (Å²) in [5.74, 6) is 1.12. The summed E-state index contributed by atoms with van der Waals surface area (Å²) in [6.45, 7) is 7.93. The summed E-state index contributed by atoms with van der Waals surface area (Å²) in [7, 11) is 0. The Morgan fingerprint density at radius 1 is 0.964 bits per heavy atom. The lowest BCUT2D eigenvalue weighted by molar-refractivity contribution is 0.173. The minimum absolute atomic E-state index is 0.0584. The summed E-state index contributed by atoms with van der Waals surface area (Å²) in [5, 5.41) is 9.89. The molecule has 0 amide bonds. The van der Waals surface area contributed by atoms with Crippen LogP contribution in [0.25, 0.3) is 11.5 Å². The molecule has 7 heteroatoms. The molecule has 1 aromatic heterocycles. The zero-order chi connectivity index (χ0) is 19.7. The minimum Gasteiger partial charge on any atom is -0.419 e. The highest BCUT2D eigenvalue weighted by Crippen LogP contribution is 2.29. The highest BCUT2D eigenvalue weighted by Gasteiger charge is 2.26. The number of hydrogen-bond acceptors (Lipinski definition) is 5. The van der Waals surface area contributed by atoms with Gasteiger partial charge in [-0.1, -0.05) is 35.3 Å². The molecule has 0 saturated carbocycles. The predicted octanol–water partition coefficient (Wildman–Crippen LogP) is 5.24. The van der Waals surface area contributed by atoms with Crippen molar-refractivity contribution in [3.63, 3.8) is 0 Å². The van der Waals surface area contributed by atoms with Gasteiger partial charge in [0, 0.05) is 47.5 Å². The number of halogens is 2. The molecule has 1 saturated heterocycles. The molecule has 5 nitrogen and oxygen atoms in total. The molecule has 28 heavy (non-hydrogen) atoms. The molecule has 0 unspecified atom stereocenters. The van der Waals surface area contributed by atoms with Gasteiger partial charge in [0.15, 0.2) is 0 Å². The van der Waals surface area contributed by atoms with Gasteiger partial charge in [0.1, 0.15) is 0 Å². The lowest BCUT2D eigenvalue weighted by atomic mass is 10.1. The molecule has 2 heterocycles. The van der Waals surface area contributed by atoms with E-state index in [1.165, 1.54) is 11.3 Å². The van der Waals surface area contributed by atoms with E-state index in [0.717, 1.165) is 36.8 Å². The second-order valence-corrected chi connectivity index (χ2v) is 7.96. The molecular weight excluding hydrogens is 395 g/mol. The number of aryl methyl sites for hydroxylation is 1. The van der Waals surface area contributed by atoms with Crippen LogP contribution in [0.1, 0.15) is 24.4 Å². The third-order valence-corrected chi connectivity index (χ3v) is 5.71. The van der Waals surface area contributed by atoms with Crippen LogP contribution < -0.4 is 4.90 Å². The Kier molecular flexibility index (Phi) is 5.58. The highest BCUT2D eigenvalue weighted by molar-refractivity contribution is 6.31. The molecule has 0 radical (unpaired) electrons.